The smallest absolute Gasteiger partial charge is 0.334 e. The molecule has 1 unspecified atom stereocenters. The fourth-order valence-electron chi connectivity index (χ4n) is 2.96. The van der Waals surface area contributed by atoms with Crippen molar-refractivity contribution < 1.29 is 29.0 Å². The third-order valence-electron chi connectivity index (χ3n) is 4.95. The van der Waals surface area contributed by atoms with Gasteiger partial charge in [-0.3, -0.25) is 9.59 Å². The van der Waals surface area contributed by atoms with E-state index in [4.69, 9.17) is 9.47 Å². The molecule has 142 valence electrons. The van der Waals surface area contributed by atoms with Crippen LogP contribution in [0.15, 0.2) is 35.5 Å². The summed E-state index contributed by atoms with van der Waals surface area (Å²) in [7, 11) is 0. The monoisotopic (exact) mass is 362 g/mol. The highest BCUT2D eigenvalue weighted by Crippen LogP contribution is 2.33. The molecule has 0 bridgehead atoms. The van der Waals surface area contributed by atoms with E-state index in [0.717, 1.165) is 5.57 Å². The molecule has 3 atom stereocenters. The first-order chi connectivity index (χ1) is 12.4. The standard InChI is InChI=1S/C20H26O6/c1-4-12(2)19(23)25-11-14-6-5-7-15(10-21)17(22)9-16-13(3)20(24)26-18(16)8-14/h7-8,12,16,18,21H,3-6,9-11H2,1-2H3/b14-8-,15-7-/t12?,16-,18+/m0/s1. The number of hydrogen-bond donors (Lipinski definition) is 1. The number of ether oxygens (including phenoxy) is 2. The van der Waals surface area contributed by atoms with Crippen molar-refractivity contribution in [1.82, 2.24) is 0 Å². The molecule has 1 aliphatic heterocycles. The number of carbonyl (C=O) groups excluding carboxylic acids is 3. The Kier molecular flexibility index (Phi) is 6.91. The van der Waals surface area contributed by atoms with E-state index in [2.05, 4.69) is 6.58 Å². The predicted molar refractivity (Wildman–Crippen MR) is 95.0 cm³/mol. The number of esters is 2. The zero-order valence-corrected chi connectivity index (χ0v) is 15.3. The topological polar surface area (TPSA) is 89.9 Å². The molecule has 1 fully saturated rings. The summed E-state index contributed by atoms with van der Waals surface area (Å²) in [5.74, 6) is -1.64. The summed E-state index contributed by atoms with van der Waals surface area (Å²) >= 11 is 0. The number of rotatable bonds is 5. The van der Waals surface area contributed by atoms with Crippen LogP contribution >= 0.6 is 0 Å². The molecule has 2 aliphatic rings. The molecule has 0 spiro atoms. The molecule has 6 heteroatoms. The van der Waals surface area contributed by atoms with E-state index in [1.54, 1.807) is 12.2 Å². The molecule has 0 saturated carbocycles. The maximum atomic E-state index is 12.3. The van der Waals surface area contributed by atoms with Crippen LogP contribution in [-0.4, -0.2) is 42.1 Å². The summed E-state index contributed by atoms with van der Waals surface area (Å²) in [4.78, 5) is 36.1. The van der Waals surface area contributed by atoms with Gasteiger partial charge < -0.3 is 14.6 Å². The molecule has 26 heavy (non-hydrogen) atoms. The van der Waals surface area contributed by atoms with Crippen LogP contribution < -0.4 is 0 Å². The van der Waals surface area contributed by atoms with Crippen molar-refractivity contribution in [3.63, 3.8) is 0 Å². The normalized spacial score (nSPS) is 29.0. The van der Waals surface area contributed by atoms with Gasteiger partial charge in [-0.05, 0) is 30.9 Å². The number of ketones is 1. The van der Waals surface area contributed by atoms with Gasteiger partial charge in [0, 0.05) is 23.5 Å². The van der Waals surface area contributed by atoms with Crippen molar-refractivity contribution >= 4 is 17.7 Å². The molecule has 0 amide bonds. The van der Waals surface area contributed by atoms with Gasteiger partial charge in [0.1, 0.15) is 12.7 Å². The third kappa shape index (κ3) is 4.69. The average molecular weight is 362 g/mol. The van der Waals surface area contributed by atoms with Crippen LogP contribution in [0, 0.1) is 11.8 Å². The fourth-order valence-corrected chi connectivity index (χ4v) is 2.96. The number of aliphatic hydroxyl groups excluding tert-OH is 1. The Morgan fingerprint density at radius 3 is 2.85 bits per heavy atom. The minimum atomic E-state index is -0.603. The summed E-state index contributed by atoms with van der Waals surface area (Å²) < 4.78 is 10.7. The number of hydrogen-bond acceptors (Lipinski definition) is 6. The first kappa shape index (κ1) is 20.1. The van der Waals surface area contributed by atoms with Gasteiger partial charge in [0.15, 0.2) is 5.78 Å². The summed E-state index contributed by atoms with van der Waals surface area (Å²) in [6.07, 6.45) is 4.69. The lowest BCUT2D eigenvalue weighted by Crippen LogP contribution is -2.22. The average Bonchev–Trinajstić information content (AvgIpc) is 2.89. The number of fused-ring (bicyclic) bond motifs is 1. The highest BCUT2D eigenvalue weighted by molar-refractivity contribution is 5.98. The van der Waals surface area contributed by atoms with Gasteiger partial charge >= 0.3 is 11.9 Å². The van der Waals surface area contributed by atoms with Crippen molar-refractivity contribution in [2.45, 2.75) is 45.6 Å². The molecule has 1 heterocycles. The number of allylic oxidation sites excluding steroid dienone is 1. The first-order valence-electron chi connectivity index (χ1n) is 8.96. The number of carbonyl (C=O) groups is 3. The van der Waals surface area contributed by atoms with Crippen LogP contribution in [0.25, 0.3) is 0 Å². The van der Waals surface area contributed by atoms with Gasteiger partial charge in [-0.15, -0.1) is 0 Å². The Balaban J connectivity index is 2.22. The highest BCUT2D eigenvalue weighted by Gasteiger charge is 2.39. The van der Waals surface area contributed by atoms with E-state index in [9.17, 15) is 19.5 Å². The molecule has 1 N–H and O–H groups in total. The van der Waals surface area contributed by atoms with E-state index in [-0.39, 0.29) is 42.9 Å². The molecule has 1 aliphatic carbocycles. The van der Waals surface area contributed by atoms with Crippen LogP contribution in [0.2, 0.25) is 0 Å². The predicted octanol–water partition coefficient (Wildman–Crippen LogP) is 2.27. The molecule has 0 radical (unpaired) electrons. The van der Waals surface area contributed by atoms with Gasteiger partial charge in [0.05, 0.1) is 12.5 Å². The Bertz CT molecular complexity index is 657. The zero-order chi connectivity index (χ0) is 19.3. The number of aliphatic hydroxyl groups is 1. The van der Waals surface area contributed by atoms with Crippen molar-refractivity contribution in [2.24, 2.45) is 11.8 Å². The van der Waals surface area contributed by atoms with E-state index < -0.39 is 18.0 Å². The zero-order valence-electron chi connectivity index (χ0n) is 15.3. The van der Waals surface area contributed by atoms with E-state index in [1.165, 1.54) is 0 Å². The minimum absolute atomic E-state index is 0.0536. The van der Waals surface area contributed by atoms with Crippen LogP contribution in [0.5, 0.6) is 0 Å². The van der Waals surface area contributed by atoms with Crippen molar-refractivity contribution in [1.29, 1.82) is 0 Å². The van der Waals surface area contributed by atoms with Crippen LogP contribution in [-0.2, 0) is 23.9 Å². The van der Waals surface area contributed by atoms with E-state index >= 15 is 0 Å². The lowest BCUT2D eigenvalue weighted by Gasteiger charge is -2.19. The molecule has 2 rings (SSSR count). The highest BCUT2D eigenvalue weighted by atomic mass is 16.6. The largest absolute Gasteiger partial charge is 0.461 e. The van der Waals surface area contributed by atoms with Crippen molar-refractivity contribution in [3.8, 4) is 0 Å². The van der Waals surface area contributed by atoms with Gasteiger partial charge in [0.2, 0.25) is 0 Å². The Labute approximate surface area is 153 Å². The molecular formula is C20H26O6. The summed E-state index contributed by atoms with van der Waals surface area (Å²) in [5, 5.41) is 9.44. The molecule has 0 aromatic heterocycles. The number of Topliss-reactive ketones (excluding diaryl/α,β-unsaturated/α-hetero) is 1. The second kappa shape index (κ2) is 8.94. The maximum absolute atomic E-state index is 12.3. The first-order valence-corrected chi connectivity index (χ1v) is 8.96. The third-order valence-corrected chi connectivity index (χ3v) is 4.95. The summed E-state index contributed by atoms with van der Waals surface area (Å²) in [6.45, 7) is 7.24. The Hall–Kier alpha value is -2.21. The second-order valence-corrected chi connectivity index (χ2v) is 6.80. The molecule has 6 nitrogen and oxygen atoms in total. The summed E-state index contributed by atoms with van der Waals surface area (Å²) in [5.41, 5.74) is 1.41. The summed E-state index contributed by atoms with van der Waals surface area (Å²) in [6, 6.07) is 0. The maximum Gasteiger partial charge on any atom is 0.334 e. The van der Waals surface area contributed by atoms with Crippen molar-refractivity contribution in [2.75, 3.05) is 13.2 Å². The van der Waals surface area contributed by atoms with Crippen LogP contribution in [0.1, 0.15) is 39.5 Å². The Morgan fingerprint density at radius 2 is 2.19 bits per heavy atom. The lowest BCUT2D eigenvalue weighted by atomic mass is 9.87. The van der Waals surface area contributed by atoms with Crippen molar-refractivity contribution in [3.05, 3.63) is 35.5 Å². The lowest BCUT2D eigenvalue weighted by molar-refractivity contribution is -0.147. The van der Waals surface area contributed by atoms with Crippen LogP contribution in [0.3, 0.4) is 0 Å². The van der Waals surface area contributed by atoms with Crippen LogP contribution in [0.4, 0.5) is 0 Å². The molecule has 1 saturated heterocycles. The quantitative estimate of drug-likeness (QED) is 0.458. The van der Waals surface area contributed by atoms with E-state index in [1.807, 2.05) is 13.8 Å². The SMILES string of the molecule is C=C1C(=O)O[C@@H]2/C=C(\COC(=O)C(C)CC)CC/C=C(/CO)C(=O)C[C@@H]12. The minimum Gasteiger partial charge on any atom is -0.461 e. The molecule has 0 aromatic rings. The Morgan fingerprint density at radius 1 is 1.46 bits per heavy atom. The van der Waals surface area contributed by atoms with Gasteiger partial charge in [-0.1, -0.05) is 26.5 Å². The van der Waals surface area contributed by atoms with E-state index in [0.29, 0.717) is 24.8 Å². The van der Waals surface area contributed by atoms with Gasteiger partial charge in [-0.2, -0.15) is 0 Å². The fraction of sp³-hybridized carbons (Fsp3) is 0.550. The molecular weight excluding hydrogens is 336 g/mol. The molecule has 0 aromatic carbocycles. The van der Waals surface area contributed by atoms with Gasteiger partial charge in [0.25, 0.3) is 0 Å². The second-order valence-electron chi connectivity index (χ2n) is 6.80. The van der Waals surface area contributed by atoms with Gasteiger partial charge in [-0.25, -0.2) is 4.79 Å².